The molecule has 0 heterocycles. The maximum absolute atomic E-state index is 6.09. The lowest BCUT2D eigenvalue weighted by Gasteiger charge is -2.21. The zero-order chi connectivity index (χ0) is 13.7. The first-order chi connectivity index (χ1) is 9.19. The number of likely N-dealkylation sites (N-methyl/N-ethyl adjacent to an activating group) is 1. The van der Waals surface area contributed by atoms with Crippen LogP contribution in [-0.2, 0) is 6.42 Å². The normalized spacial score (nSPS) is 17.8. The average Bonchev–Trinajstić information content (AvgIpc) is 2.87. The van der Waals surface area contributed by atoms with E-state index >= 15 is 0 Å². The van der Waals surface area contributed by atoms with Crippen molar-refractivity contribution in [1.82, 2.24) is 5.32 Å². The van der Waals surface area contributed by atoms with E-state index in [0.717, 1.165) is 18.9 Å². The van der Waals surface area contributed by atoms with Crippen LogP contribution in [0, 0.1) is 5.92 Å². The molecule has 0 radical (unpaired) electrons. The molecular weight excluding hydrogens is 277 g/mol. The van der Waals surface area contributed by atoms with Crippen LogP contribution in [0.15, 0.2) is 18.2 Å². The number of benzene rings is 1. The van der Waals surface area contributed by atoms with Crippen LogP contribution in [0.2, 0.25) is 10.0 Å². The van der Waals surface area contributed by atoms with E-state index in [4.69, 9.17) is 23.2 Å². The molecule has 3 heteroatoms. The van der Waals surface area contributed by atoms with Crippen molar-refractivity contribution in [2.45, 2.75) is 51.5 Å². The van der Waals surface area contributed by atoms with Gasteiger partial charge in [-0.05, 0) is 43.0 Å². The molecule has 1 N–H and O–H groups in total. The molecule has 1 atom stereocenters. The lowest BCUT2D eigenvalue weighted by molar-refractivity contribution is 0.390. The van der Waals surface area contributed by atoms with E-state index < -0.39 is 0 Å². The van der Waals surface area contributed by atoms with E-state index in [2.05, 4.69) is 18.3 Å². The molecule has 2 rings (SSSR count). The molecule has 1 nitrogen and oxygen atoms in total. The highest BCUT2D eigenvalue weighted by atomic mass is 35.5. The molecule has 1 aromatic rings. The van der Waals surface area contributed by atoms with E-state index in [1.807, 2.05) is 12.1 Å². The molecule has 0 aromatic heterocycles. The van der Waals surface area contributed by atoms with Gasteiger partial charge in [0.25, 0.3) is 0 Å². The number of rotatable bonds is 6. The summed E-state index contributed by atoms with van der Waals surface area (Å²) in [5.41, 5.74) is 1.28. The van der Waals surface area contributed by atoms with Gasteiger partial charge < -0.3 is 5.32 Å². The Morgan fingerprint density at radius 2 is 1.95 bits per heavy atom. The van der Waals surface area contributed by atoms with Crippen LogP contribution in [0.4, 0.5) is 0 Å². The lowest BCUT2D eigenvalue weighted by atomic mass is 9.94. The molecule has 1 fully saturated rings. The van der Waals surface area contributed by atoms with Crippen molar-refractivity contribution in [3.05, 3.63) is 33.8 Å². The third-order valence-corrected chi connectivity index (χ3v) is 4.79. The Hall–Kier alpha value is -0.240. The third kappa shape index (κ3) is 4.66. The summed E-state index contributed by atoms with van der Waals surface area (Å²) in [5.74, 6) is 0.909. The topological polar surface area (TPSA) is 12.0 Å². The summed E-state index contributed by atoms with van der Waals surface area (Å²) in [7, 11) is 0. The SMILES string of the molecule is CCNC(Cc1ccc(Cl)c(Cl)c1)CC1CCCC1. The smallest absolute Gasteiger partial charge is 0.0595 e. The van der Waals surface area contributed by atoms with Gasteiger partial charge in [-0.2, -0.15) is 0 Å². The number of hydrogen-bond donors (Lipinski definition) is 1. The first-order valence-corrected chi connectivity index (χ1v) is 8.12. The molecule has 1 aliphatic carbocycles. The van der Waals surface area contributed by atoms with Gasteiger partial charge in [0.2, 0.25) is 0 Å². The highest BCUT2D eigenvalue weighted by Gasteiger charge is 2.20. The third-order valence-electron chi connectivity index (χ3n) is 4.05. The van der Waals surface area contributed by atoms with Crippen molar-refractivity contribution in [3.63, 3.8) is 0 Å². The second kappa shape index (κ2) is 7.52. The van der Waals surface area contributed by atoms with Gasteiger partial charge in [-0.15, -0.1) is 0 Å². The van der Waals surface area contributed by atoms with Crippen molar-refractivity contribution in [1.29, 1.82) is 0 Å². The molecule has 1 aliphatic rings. The minimum absolute atomic E-state index is 0.561. The molecule has 1 saturated carbocycles. The molecule has 0 saturated heterocycles. The summed E-state index contributed by atoms with van der Waals surface area (Å²) < 4.78 is 0. The number of hydrogen-bond acceptors (Lipinski definition) is 1. The first kappa shape index (κ1) is 15.2. The predicted molar refractivity (Wildman–Crippen MR) is 84.2 cm³/mol. The fourth-order valence-corrected chi connectivity index (χ4v) is 3.45. The Morgan fingerprint density at radius 1 is 1.21 bits per heavy atom. The average molecular weight is 300 g/mol. The summed E-state index contributed by atoms with van der Waals surface area (Å²) in [6.07, 6.45) is 7.97. The van der Waals surface area contributed by atoms with E-state index in [1.165, 1.54) is 37.7 Å². The molecule has 19 heavy (non-hydrogen) atoms. The standard InChI is InChI=1S/C16H23Cl2N/c1-2-19-14(9-12-5-3-4-6-12)10-13-7-8-15(17)16(18)11-13/h7-8,11-12,14,19H,2-6,9-10H2,1H3. The van der Waals surface area contributed by atoms with Crippen LogP contribution >= 0.6 is 23.2 Å². The van der Waals surface area contributed by atoms with Gasteiger partial charge in [-0.3, -0.25) is 0 Å². The van der Waals surface area contributed by atoms with Gasteiger partial charge in [0.15, 0.2) is 0 Å². The zero-order valence-corrected chi connectivity index (χ0v) is 13.1. The van der Waals surface area contributed by atoms with Gasteiger partial charge in [0.05, 0.1) is 10.0 Å². The van der Waals surface area contributed by atoms with Crippen molar-refractivity contribution in [2.24, 2.45) is 5.92 Å². The Labute approximate surface area is 126 Å². The van der Waals surface area contributed by atoms with Crippen LogP contribution in [0.25, 0.3) is 0 Å². The molecule has 0 amide bonds. The van der Waals surface area contributed by atoms with Gasteiger partial charge in [-0.25, -0.2) is 0 Å². The van der Waals surface area contributed by atoms with Gasteiger partial charge in [0, 0.05) is 6.04 Å². The molecule has 0 bridgehead atoms. The number of nitrogens with one attached hydrogen (secondary N) is 1. The summed E-state index contributed by atoms with van der Waals surface area (Å²) in [6, 6.07) is 6.55. The van der Waals surface area contributed by atoms with Crippen molar-refractivity contribution in [2.75, 3.05) is 6.54 Å². The second-order valence-electron chi connectivity index (χ2n) is 5.59. The maximum atomic E-state index is 6.09. The summed E-state index contributed by atoms with van der Waals surface area (Å²) in [4.78, 5) is 0. The lowest BCUT2D eigenvalue weighted by Crippen LogP contribution is -2.32. The minimum atomic E-state index is 0.561. The molecular formula is C16H23Cl2N. The Bertz CT molecular complexity index is 400. The summed E-state index contributed by atoms with van der Waals surface area (Å²) in [6.45, 7) is 3.20. The molecule has 0 aliphatic heterocycles. The molecule has 1 aromatic carbocycles. The Kier molecular flexibility index (Phi) is 6.00. The largest absolute Gasteiger partial charge is 0.314 e. The van der Waals surface area contributed by atoms with Gasteiger partial charge in [-0.1, -0.05) is 61.9 Å². The fraction of sp³-hybridized carbons (Fsp3) is 0.625. The highest BCUT2D eigenvalue weighted by Crippen LogP contribution is 2.30. The zero-order valence-electron chi connectivity index (χ0n) is 11.6. The van der Waals surface area contributed by atoms with E-state index in [1.54, 1.807) is 0 Å². The Balaban J connectivity index is 1.96. The van der Waals surface area contributed by atoms with Crippen molar-refractivity contribution in [3.8, 4) is 0 Å². The first-order valence-electron chi connectivity index (χ1n) is 7.36. The van der Waals surface area contributed by atoms with Crippen LogP contribution in [0.5, 0.6) is 0 Å². The van der Waals surface area contributed by atoms with Gasteiger partial charge in [0.1, 0.15) is 0 Å². The maximum Gasteiger partial charge on any atom is 0.0595 e. The van der Waals surface area contributed by atoms with Crippen molar-refractivity contribution >= 4 is 23.2 Å². The molecule has 0 spiro atoms. The van der Waals surface area contributed by atoms with Crippen LogP contribution in [0.1, 0.15) is 44.6 Å². The van der Waals surface area contributed by atoms with E-state index in [0.29, 0.717) is 16.1 Å². The monoisotopic (exact) mass is 299 g/mol. The van der Waals surface area contributed by atoms with Crippen LogP contribution in [0.3, 0.4) is 0 Å². The van der Waals surface area contributed by atoms with E-state index in [-0.39, 0.29) is 0 Å². The quantitative estimate of drug-likeness (QED) is 0.771. The van der Waals surface area contributed by atoms with Crippen LogP contribution < -0.4 is 5.32 Å². The molecule has 1 unspecified atom stereocenters. The summed E-state index contributed by atoms with van der Waals surface area (Å²) in [5, 5.41) is 4.92. The van der Waals surface area contributed by atoms with E-state index in [9.17, 15) is 0 Å². The molecule has 106 valence electrons. The van der Waals surface area contributed by atoms with Crippen LogP contribution in [-0.4, -0.2) is 12.6 Å². The summed E-state index contributed by atoms with van der Waals surface area (Å²) >= 11 is 12.1. The second-order valence-corrected chi connectivity index (χ2v) is 6.41. The Morgan fingerprint density at radius 3 is 2.58 bits per heavy atom. The minimum Gasteiger partial charge on any atom is -0.314 e. The highest BCUT2D eigenvalue weighted by molar-refractivity contribution is 6.42. The fourth-order valence-electron chi connectivity index (χ4n) is 3.13. The van der Waals surface area contributed by atoms with Gasteiger partial charge >= 0.3 is 0 Å². The number of halogens is 2. The van der Waals surface area contributed by atoms with Crippen molar-refractivity contribution < 1.29 is 0 Å². The predicted octanol–water partition coefficient (Wildman–Crippen LogP) is 5.09.